The summed E-state index contributed by atoms with van der Waals surface area (Å²) in [6, 6.07) is 3.71. The number of urea groups is 2. The fourth-order valence-corrected chi connectivity index (χ4v) is 6.56. The molecule has 0 radical (unpaired) electrons. The SMILES string of the molecule is CCCCCCCN1C(=O)NC(=O)/C(=C/c2ccc3c(c2)CC2(C(=O)N(C)C(=O)N(C)C2=O)[C@@H]2CCCN32)C1=O. The summed E-state index contributed by atoms with van der Waals surface area (Å²) in [4.78, 5) is 83.1. The lowest BCUT2D eigenvalue weighted by molar-refractivity contribution is -0.159. The highest BCUT2D eigenvalue weighted by Crippen LogP contribution is 2.49. The third-order valence-corrected chi connectivity index (χ3v) is 8.63. The molecular weight excluding hydrogens is 514 g/mol. The Balaban J connectivity index is 1.46. The number of anilines is 1. The lowest BCUT2D eigenvalue weighted by atomic mass is 9.68. The zero-order valence-electron chi connectivity index (χ0n) is 23.2. The van der Waals surface area contributed by atoms with Crippen LogP contribution < -0.4 is 10.2 Å². The van der Waals surface area contributed by atoms with Gasteiger partial charge in [0, 0.05) is 32.9 Å². The van der Waals surface area contributed by atoms with E-state index in [0.717, 1.165) is 58.1 Å². The normalized spacial score (nSPS) is 23.4. The molecule has 1 spiro atoms. The van der Waals surface area contributed by atoms with E-state index >= 15 is 0 Å². The highest BCUT2D eigenvalue weighted by atomic mass is 16.2. The number of amides is 8. The maximum atomic E-state index is 13.6. The number of fused-ring (bicyclic) bond motifs is 4. The van der Waals surface area contributed by atoms with Crippen molar-refractivity contribution in [1.82, 2.24) is 20.0 Å². The number of nitrogens with zero attached hydrogens (tertiary/aromatic N) is 4. The van der Waals surface area contributed by atoms with Crippen LogP contribution in [0.25, 0.3) is 6.08 Å². The molecule has 0 unspecified atom stereocenters. The van der Waals surface area contributed by atoms with Crippen molar-refractivity contribution < 1.29 is 28.8 Å². The number of unbranched alkanes of at least 4 members (excludes halogenated alkanes) is 4. The number of benzene rings is 1. The maximum Gasteiger partial charge on any atom is 0.332 e. The number of hydrogen-bond donors (Lipinski definition) is 1. The molecule has 40 heavy (non-hydrogen) atoms. The number of barbiturate groups is 2. The number of imide groups is 4. The fraction of sp³-hybridized carbons (Fsp3) is 0.517. The van der Waals surface area contributed by atoms with Gasteiger partial charge < -0.3 is 4.90 Å². The first-order chi connectivity index (χ1) is 19.1. The van der Waals surface area contributed by atoms with E-state index in [4.69, 9.17) is 0 Å². The molecular formula is C29H35N5O6. The average Bonchev–Trinajstić information content (AvgIpc) is 3.44. The summed E-state index contributed by atoms with van der Waals surface area (Å²) in [7, 11) is 2.80. The molecule has 0 aliphatic carbocycles. The molecule has 0 saturated carbocycles. The van der Waals surface area contributed by atoms with Gasteiger partial charge in [0.25, 0.3) is 11.8 Å². The molecule has 4 aliphatic heterocycles. The molecule has 1 N–H and O–H groups in total. The number of carbonyl (C=O) groups is 6. The Labute approximate surface area is 233 Å². The Hall–Kier alpha value is -4.02. The molecule has 0 bridgehead atoms. The Morgan fingerprint density at radius 2 is 1.68 bits per heavy atom. The number of nitrogens with one attached hydrogen (secondary N) is 1. The molecule has 3 fully saturated rings. The highest BCUT2D eigenvalue weighted by molar-refractivity contribution is 6.31. The van der Waals surface area contributed by atoms with Crippen LogP contribution in [0.1, 0.15) is 63.0 Å². The smallest absolute Gasteiger partial charge is 0.332 e. The van der Waals surface area contributed by atoms with Crippen LogP contribution in [-0.2, 0) is 25.6 Å². The van der Waals surface area contributed by atoms with Gasteiger partial charge in [0.15, 0.2) is 5.41 Å². The van der Waals surface area contributed by atoms with Gasteiger partial charge in [-0.05, 0) is 55.0 Å². The molecule has 4 heterocycles. The van der Waals surface area contributed by atoms with Gasteiger partial charge in [0.05, 0.1) is 6.04 Å². The molecule has 11 heteroatoms. The van der Waals surface area contributed by atoms with E-state index in [-0.39, 0.29) is 24.6 Å². The molecule has 1 atom stereocenters. The molecule has 8 amide bonds. The summed E-state index contributed by atoms with van der Waals surface area (Å²) in [6.45, 7) is 3.00. The lowest BCUT2D eigenvalue weighted by Gasteiger charge is -2.50. The lowest BCUT2D eigenvalue weighted by Crippen LogP contribution is -2.70. The summed E-state index contributed by atoms with van der Waals surface area (Å²) >= 11 is 0. The van der Waals surface area contributed by atoms with E-state index in [1.165, 1.54) is 20.2 Å². The minimum absolute atomic E-state index is 0.0999. The van der Waals surface area contributed by atoms with Crippen molar-refractivity contribution >= 4 is 47.5 Å². The van der Waals surface area contributed by atoms with E-state index in [2.05, 4.69) is 17.1 Å². The van der Waals surface area contributed by atoms with Crippen LogP contribution in [0.15, 0.2) is 23.8 Å². The highest BCUT2D eigenvalue weighted by Gasteiger charge is 2.63. The van der Waals surface area contributed by atoms with Crippen molar-refractivity contribution in [3.8, 4) is 0 Å². The zero-order chi connectivity index (χ0) is 28.8. The second-order valence-electron chi connectivity index (χ2n) is 11.1. The summed E-state index contributed by atoms with van der Waals surface area (Å²) in [5.74, 6) is -2.42. The van der Waals surface area contributed by atoms with Gasteiger partial charge in [-0.2, -0.15) is 0 Å². The van der Waals surface area contributed by atoms with Crippen molar-refractivity contribution in [3.63, 3.8) is 0 Å². The quantitative estimate of drug-likeness (QED) is 0.240. The first-order valence-corrected chi connectivity index (χ1v) is 14.0. The van der Waals surface area contributed by atoms with Crippen LogP contribution in [0.5, 0.6) is 0 Å². The maximum absolute atomic E-state index is 13.6. The standard InChI is InChI=1S/C29H35N5O6/c1-4-5-6-7-8-13-34-24(36)20(23(35)30-27(34)39)16-18-11-12-21-19(15-18)17-29(22-10-9-14-33(21)22)25(37)31(2)28(40)32(3)26(29)38/h11-12,15-16,22H,4-10,13-14,17H2,1-3H3,(H,30,35,39)/b20-16-/t22-/m0/s1. The van der Waals surface area contributed by atoms with Crippen molar-refractivity contribution in [2.45, 2.75) is 64.3 Å². The minimum atomic E-state index is -1.44. The predicted molar refractivity (Wildman–Crippen MR) is 146 cm³/mol. The Morgan fingerprint density at radius 1 is 0.975 bits per heavy atom. The second-order valence-corrected chi connectivity index (χ2v) is 11.1. The van der Waals surface area contributed by atoms with Crippen LogP contribution >= 0.6 is 0 Å². The van der Waals surface area contributed by atoms with Crippen LogP contribution in [0.3, 0.4) is 0 Å². The van der Waals surface area contributed by atoms with Gasteiger partial charge in [-0.25, -0.2) is 9.59 Å². The van der Waals surface area contributed by atoms with Gasteiger partial charge in [-0.15, -0.1) is 0 Å². The Kier molecular flexibility index (Phi) is 7.24. The summed E-state index contributed by atoms with van der Waals surface area (Å²) < 4.78 is 0. The van der Waals surface area contributed by atoms with Gasteiger partial charge in [-0.3, -0.25) is 39.2 Å². The topological polar surface area (TPSA) is 127 Å². The van der Waals surface area contributed by atoms with Gasteiger partial charge in [0.2, 0.25) is 11.8 Å². The molecule has 5 rings (SSSR count). The Morgan fingerprint density at radius 3 is 2.38 bits per heavy atom. The largest absolute Gasteiger partial charge is 0.367 e. The van der Waals surface area contributed by atoms with Crippen LogP contribution in [0, 0.1) is 5.41 Å². The van der Waals surface area contributed by atoms with Gasteiger partial charge >= 0.3 is 12.1 Å². The molecule has 4 aliphatic rings. The molecule has 1 aromatic rings. The third kappa shape index (κ3) is 4.28. The fourth-order valence-electron chi connectivity index (χ4n) is 6.56. The summed E-state index contributed by atoms with van der Waals surface area (Å²) in [5, 5.41) is 2.27. The molecule has 212 valence electrons. The Bertz CT molecular complexity index is 1310. The molecule has 3 saturated heterocycles. The van der Waals surface area contributed by atoms with Gasteiger partial charge in [-0.1, -0.05) is 38.7 Å². The molecule has 11 nitrogen and oxygen atoms in total. The monoisotopic (exact) mass is 549 g/mol. The zero-order valence-corrected chi connectivity index (χ0v) is 23.2. The van der Waals surface area contributed by atoms with Crippen molar-refractivity contribution in [1.29, 1.82) is 0 Å². The average molecular weight is 550 g/mol. The van der Waals surface area contributed by atoms with Crippen LogP contribution in [0.4, 0.5) is 15.3 Å². The van der Waals surface area contributed by atoms with Crippen molar-refractivity contribution in [2.24, 2.45) is 5.41 Å². The number of rotatable bonds is 7. The number of carbonyl (C=O) groups excluding carboxylic acids is 6. The van der Waals surface area contributed by atoms with Crippen LogP contribution in [0.2, 0.25) is 0 Å². The third-order valence-electron chi connectivity index (χ3n) is 8.63. The molecule has 0 aromatic heterocycles. The van der Waals surface area contributed by atoms with Crippen molar-refractivity contribution in [2.75, 3.05) is 32.1 Å². The minimum Gasteiger partial charge on any atom is -0.367 e. The second kappa shape index (κ2) is 10.5. The van der Waals surface area contributed by atoms with E-state index in [9.17, 15) is 28.8 Å². The predicted octanol–water partition coefficient (Wildman–Crippen LogP) is 2.68. The van der Waals surface area contributed by atoms with Crippen LogP contribution in [-0.4, -0.2) is 83.6 Å². The number of hydrogen-bond acceptors (Lipinski definition) is 7. The van der Waals surface area contributed by atoms with E-state index in [0.29, 0.717) is 24.9 Å². The van der Waals surface area contributed by atoms with E-state index < -0.39 is 41.1 Å². The first kappa shape index (κ1) is 27.5. The van der Waals surface area contributed by atoms with E-state index in [1.54, 1.807) is 12.1 Å². The van der Waals surface area contributed by atoms with E-state index in [1.807, 2.05) is 6.07 Å². The summed E-state index contributed by atoms with van der Waals surface area (Å²) in [6.07, 6.45) is 7.72. The summed E-state index contributed by atoms with van der Waals surface area (Å²) in [5.41, 5.74) is 0.564. The van der Waals surface area contributed by atoms with Crippen molar-refractivity contribution in [3.05, 3.63) is 34.9 Å². The van der Waals surface area contributed by atoms with Gasteiger partial charge in [0.1, 0.15) is 5.57 Å². The molecule has 1 aromatic carbocycles. The first-order valence-electron chi connectivity index (χ1n) is 14.0.